The molecule has 130 valence electrons. The molecule has 7 heteroatoms. The first-order chi connectivity index (χ1) is 11.4. The van der Waals surface area contributed by atoms with Gasteiger partial charge < -0.3 is 21.3 Å². The van der Waals surface area contributed by atoms with Crippen molar-refractivity contribution < 1.29 is 14.4 Å². The van der Waals surface area contributed by atoms with Crippen LogP contribution >= 0.6 is 0 Å². The van der Waals surface area contributed by atoms with Crippen LogP contribution in [0, 0.1) is 0 Å². The quantitative estimate of drug-likeness (QED) is 0.754. The van der Waals surface area contributed by atoms with Crippen LogP contribution in [0.5, 0.6) is 0 Å². The molecule has 1 atom stereocenters. The van der Waals surface area contributed by atoms with Gasteiger partial charge in [0.1, 0.15) is 0 Å². The van der Waals surface area contributed by atoms with Gasteiger partial charge in [0.2, 0.25) is 17.7 Å². The van der Waals surface area contributed by atoms with Gasteiger partial charge in [-0.1, -0.05) is 0 Å². The molecule has 1 saturated heterocycles. The zero-order valence-electron chi connectivity index (χ0n) is 14.1. The Bertz CT molecular complexity index is 645. The lowest BCUT2D eigenvalue weighted by atomic mass is 10.0. The first-order valence-corrected chi connectivity index (χ1v) is 8.13. The molecule has 7 nitrogen and oxygen atoms in total. The number of anilines is 2. The smallest absolute Gasteiger partial charge is 0.248 e. The second-order valence-corrected chi connectivity index (χ2v) is 6.09. The highest BCUT2D eigenvalue weighted by Crippen LogP contribution is 2.32. The minimum Gasteiger partial charge on any atom is -0.367 e. The van der Waals surface area contributed by atoms with Gasteiger partial charge in [-0.2, -0.15) is 0 Å². The molecule has 1 fully saturated rings. The van der Waals surface area contributed by atoms with E-state index in [-0.39, 0.29) is 18.4 Å². The van der Waals surface area contributed by atoms with Gasteiger partial charge in [-0.05, 0) is 44.4 Å². The molecule has 4 N–H and O–H groups in total. The third-order valence-corrected chi connectivity index (χ3v) is 4.17. The molecule has 3 amide bonds. The molecular weight excluding hydrogens is 308 g/mol. The second-order valence-electron chi connectivity index (χ2n) is 6.09. The van der Waals surface area contributed by atoms with Crippen molar-refractivity contribution in [1.82, 2.24) is 5.32 Å². The molecule has 1 aromatic carbocycles. The Labute approximate surface area is 141 Å². The highest BCUT2D eigenvalue weighted by molar-refractivity contribution is 6.00. The Hall–Kier alpha value is -2.57. The fourth-order valence-corrected chi connectivity index (χ4v) is 2.90. The van der Waals surface area contributed by atoms with Crippen LogP contribution in [0.25, 0.3) is 0 Å². The van der Waals surface area contributed by atoms with Crippen LogP contribution in [-0.2, 0) is 9.59 Å². The monoisotopic (exact) mass is 332 g/mol. The van der Waals surface area contributed by atoms with Gasteiger partial charge >= 0.3 is 0 Å². The van der Waals surface area contributed by atoms with Gasteiger partial charge in [0, 0.05) is 25.1 Å². The van der Waals surface area contributed by atoms with E-state index in [1.54, 1.807) is 12.1 Å². The van der Waals surface area contributed by atoms with Crippen molar-refractivity contribution in [3.05, 3.63) is 23.8 Å². The van der Waals surface area contributed by atoms with Crippen LogP contribution in [0.4, 0.5) is 11.4 Å². The molecule has 0 saturated carbocycles. The minimum atomic E-state index is -0.550. The number of nitrogens with one attached hydrogen (secondary N) is 2. The SMILES string of the molecule is CC(=O)NCC(=O)Nc1cc(C(N)=O)ccc1N1CCCC[C@@H]1C. The molecule has 0 bridgehead atoms. The van der Waals surface area contributed by atoms with Crippen LogP contribution in [0.15, 0.2) is 18.2 Å². The molecule has 1 aliphatic rings. The van der Waals surface area contributed by atoms with Gasteiger partial charge in [0.15, 0.2) is 0 Å². The lowest BCUT2D eigenvalue weighted by Gasteiger charge is -2.36. The van der Waals surface area contributed by atoms with E-state index < -0.39 is 5.91 Å². The Morgan fingerprint density at radius 1 is 1.29 bits per heavy atom. The number of hydrogen-bond acceptors (Lipinski definition) is 4. The number of hydrogen-bond donors (Lipinski definition) is 3. The number of piperidine rings is 1. The maximum Gasteiger partial charge on any atom is 0.248 e. The van der Waals surface area contributed by atoms with Crippen molar-refractivity contribution >= 4 is 29.1 Å². The van der Waals surface area contributed by atoms with E-state index in [2.05, 4.69) is 22.5 Å². The Morgan fingerprint density at radius 2 is 2.04 bits per heavy atom. The summed E-state index contributed by atoms with van der Waals surface area (Å²) >= 11 is 0. The number of nitrogens with two attached hydrogens (primary N) is 1. The van der Waals surface area contributed by atoms with Crippen LogP contribution < -0.4 is 21.3 Å². The van der Waals surface area contributed by atoms with Crippen molar-refractivity contribution in [1.29, 1.82) is 0 Å². The van der Waals surface area contributed by atoms with Crippen LogP contribution in [-0.4, -0.2) is 36.9 Å². The van der Waals surface area contributed by atoms with Crippen molar-refractivity contribution in [3.63, 3.8) is 0 Å². The molecule has 1 heterocycles. The van der Waals surface area contributed by atoms with Crippen LogP contribution in [0.1, 0.15) is 43.5 Å². The number of nitrogens with zero attached hydrogens (tertiary/aromatic N) is 1. The number of rotatable bonds is 5. The molecule has 0 aromatic heterocycles. The van der Waals surface area contributed by atoms with Gasteiger partial charge in [0.25, 0.3) is 0 Å². The minimum absolute atomic E-state index is 0.120. The summed E-state index contributed by atoms with van der Waals surface area (Å²) in [5, 5.41) is 5.23. The van der Waals surface area contributed by atoms with Crippen molar-refractivity contribution in [2.24, 2.45) is 5.73 Å². The standard InChI is InChI=1S/C17H24N4O3/c1-11-5-3-4-8-21(11)15-7-6-13(17(18)24)9-14(15)20-16(23)10-19-12(2)22/h6-7,9,11H,3-5,8,10H2,1-2H3,(H2,18,24)(H,19,22)(H,20,23)/t11-/m0/s1. The zero-order valence-corrected chi connectivity index (χ0v) is 14.1. The third kappa shape index (κ3) is 4.47. The van der Waals surface area contributed by atoms with E-state index in [0.717, 1.165) is 25.1 Å². The lowest BCUT2D eigenvalue weighted by molar-refractivity contribution is -0.122. The normalized spacial score (nSPS) is 17.2. The molecule has 1 aromatic rings. The number of carbonyl (C=O) groups excluding carboxylic acids is 3. The van der Waals surface area contributed by atoms with E-state index in [0.29, 0.717) is 17.3 Å². The average Bonchev–Trinajstić information content (AvgIpc) is 2.53. The number of benzene rings is 1. The van der Waals surface area contributed by atoms with E-state index in [1.807, 2.05) is 6.07 Å². The van der Waals surface area contributed by atoms with E-state index in [1.165, 1.54) is 13.3 Å². The largest absolute Gasteiger partial charge is 0.367 e. The van der Waals surface area contributed by atoms with Gasteiger partial charge in [-0.25, -0.2) is 0 Å². The predicted octanol–water partition coefficient (Wildman–Crippen LogP) is 1.24. The fraction of sp³-hybridized carbons (Fsp3) is 0.471. The first kappa shape index (κ1) is 17.8. The lowest BCUT2D eigenvalue weighted by Crippen LogP contribution is -2.38. The molecule has 0 spiro atoms. The van der Waals surface area contributed by atoms with Gasteiger partial charge in [0.05, 0.1) is 17.9 Å². The summed E-state index contributed by atoms with van der Waals surface area (Å²) < 4.78 is 0. The average molecular weight is 332 g/mol. The summed E-state index contributed by atoms with van der Waals surface area (Å²) in [6.45, 7) is 4.27. The maximum absolute atomic E-state index is 12.1. The summed E-state index contributed by atoms with van der Waals surface area (Å²) in [6, 6.07) is 5.42. The second kappa shape index (κ2) is 7.81. The van der Waals surface area contributed by atoms with E-state index in [9.17, 15) is 14.4 Å². The van der Waals surface area contributed by atoms with Gasteiger partial charge in [-0.15, -0.1) is 0 Å². The van der Waals surface area contributed by atoms with Crippen LogP contribution in [0.2, 0.25) is 0 Å². The first-order valence-electron chi connectivity index (χ1n) is 8.13. The Kier molecular flexibility index (Phi) is 5.78. The molecule has 24 heavy (non-hydrogen) atoms. The summed E-state index contributed by atoms with van der Waals surface area (Å²) in [5.74, 6) is -1.18. The predicted molar refractivity (Wildman–Crippen MR) is 92.9 cm³/mol. The molecule has 0 radical (unpaired) electrons. The summed E-state index contributed by atoms with van der Waals surface area (Å²) in [4.78, 5) is 36.7. The summed E-state index contributed by atoms with van der Waals surface area (Å²) in [5.41, 5.74) is 7.08. The highest BCUT2D eigenvalue weighted by atomic mass is 16.2. The summed E-state index contributed by atoms with van der Waals surface area (Å²) in [6.07, 6.45) is 3.35. The maximum atomic E-state index is 12.1. The number of amides is 3. The zero-order chi connectivity index (χ0) is 17.7. The Morgan fingerprint density at radius 3 is 2.67 bits per heavy atom. The van der Waals surface area contributed by atoms with Crippen molar-refractivity contribution in [3.8, 4) is 0 Å². The third-order valence-electron chi connectivity index (χ3n) is 4.17. The van der Waals surface area contributed by atoms with E-state index >= 15 is 0 Å². The number of primary amides is 1. The fourth-order valence-electron chi connectivity index (χ4n) is 2.90. The molecule has 0 unspecified atom stereocenters. The van der Waals surface area contributed by atoms with Crippen LogP contribution in [0.3, 0.4) is 0 Å². The Balaban J connectivity index is 2.27. The molecule has 0 aliphatic carbocycles. The highest BCUT2D eigenvalue weighted by Gasteiger charge is 2.22. The van der Waals surface area contributed by atoms with Gasteiger partial charge in [-0.3, -0.25) is 14.4 Å². The molecular formula is C17H24N4O3. The molecule has 2 rings (SSSR count). The summed E-state index contributed by atoms with van der Waals surface area (Å²) in [7, 11) is 0. The molecule has 1 aliphatic heterocycles. The number of carbonyl (C=O) groups is 3. The van der Waals surface area contributed by atoms with Crippen molar-refractivity contribution in [2.45, 2.75) is 39.2 Å². The topological polar surface area (TPSA) is 105 Å². The van der Waals surface area contributed by atoms with Crippen molar-refractivity contribution in [2.75, 3.05) is 23.3 Å². The van der Waals surface area contributed by atoms with E-state index in [4.69, 9.17) is 5.73 Å².